The van der Waals surface area contributed by atoms with Gasteiger partial charge in [0.2, 0.25) is 0 Å². The first-order valence-corrected chi connectivity index (χ1v) is 9.76. The molecule has 0 bridgehead atoms. The number of hydrogen-bond acceptors (Lipinski definition) is 3. The minimum Gasteiger partial charge on any atom is -0.508 e. The summed E-state index contributed by atoms with van der Waals surface area (Å²) in [5.41, 5.74) is 2.84. The van der Waals surface area contributed by atoms with Crippen LogP contribution in [0.1, 0.15) is 18.2 Å². The zero-order valence-corrected chi connectivity index (χ0v) is 16.0. The van der Waals surface area contributed by atoms with Gasteiger partial charge in [-0.15, -0.1) is 11.3 Å². The van der Waals surface area contributed by atoms with Crippen LogP contribution >= 0.6 is 27.3 Å². The number of phenols is 1. The molecule has 126 valence electrons. The fraction of sp³-hybridized carbons (Fsp3) is 0.150. The van der Waals surface area contributed by atoms with Gasteiger partial charge in [-0.05, 0) is 40.0 Å². The molecule has 0 aliphatic heterocycles. The molecular weight excluding hydrogens is 398 g/mol. The monoisotopic (exact) mass is 413 g/mol. The molecule has 0 aliphatic carbocycles. The zero-order chi connectivity index (χ0) is 17.6. The highest BCUT2D eigenvalue weighted by Gasteiger charge is 2.19. The number of aromatic amines is 1. The molecule has 0 aliphatic rings. The van der Waals surface area contributed by atoms with E-state index in [2.05, 4.69) is 40.0 Å². The van der Waals surface area contributed by atoms with Gasteiger partial charge in [0, 0.05) is 25.7 Å². The molecule has 0 amide bonds. The number of halogens is 1. The van der Waals surface area contributed by atoms with Crippen LogP contribution in [-0.4, -0.2) is 10.1 Å². The Hall–Kier alpha value is -2.11. The van der Waals surface area contributed by atoms with E-state index in [0.717, 1.165) is 34.7 Å². The lowest BCUT2D eigenvalue weighted by molar-refractivity contribution is 0.476. The Morgan fingerprint density at radius 3 is 2.68 bits per heavy atom. The third-order valence-corrected chi connectivity index (χ3v) is 6.18. The number of aromatic hydroxyl groups is 1. The summed E-state index contributed by atoms with van der Waals surface area (Å²) >= 11 is 5.02. The Bertz CT molecular complexity index is 1150. The smallest absolute Gasteiger partial charge is 0.266 e. The predicted molar refractivity (Wildman–Crippen MR) is 109 cm³/mol. The highest BCUT2D eigenvalue weighted by Crippen LogP contribution is 2.42. The zero-order valence-electron chi connectivity index (χ0n) is 13.6. The summed E-state index contributed by atoms with van der Waals surface area (Å²) in [5, 5.41) is 11.9. The molecule has 3 nitrogen and oxygen atoms in total. The van der Waals surface area contributed by atoms with Crippen molar-refractivity contribution in [3.8, 4) is 16.9 Å². The fourth-order valence-electron chi connectivity index (χ4n) is 3.30. The van der Waals surface area contributed by atoms with Crippen molar-refractivity contribution in [2.75, 3.05) is 0 Å². The third-order valence-electron chi connectivity index (χ3n) is 4.31. The first kappa shape index (κ1) is 16.4. The molecule has 4 rings (SSSR count). The summed E-state index contributed by atoms with van der Waals surface area (Å²) in [5.74, 6) is 0.176. The number of aromatic nitrogens is 1. The molecule has 0 fully saturated rings. The Balaban J connectivity index is 2.24. The number of pyridine rings is 1. The fourth-order valence-corrected chi connectivity index (χ4v) is 5.17. The number of benzene rings is 2. The largest absolute Gasteiger partial charge is 0.508 e. The molecule has 4 aromatic rings. The van der Waals surface area contributed by atoms with Crippen LogP contribution in [0.5, 0.6) is 5.75 Å². The Morgan fingerprint density at radius 2 is 1.96 bits per heavy atom. The molecule has 0 atom stereocenters. The number of thiophene rings is 1. The minimum atomic E-state index is -0.0848. The molecule has 2 heterocycles. The van der Waals surface area contributed by atoms with Crippen molar-refractivity contribution < 1.29 is 5.11 Å². The summed E-state index contributed by atoms with van der Waals surface area (Å²) < 4.78 is 1.40. The van der Waals surface area contributed by atoms with Gasteiger partial charge in [0.1, 0.15) is 10.4 Å². The molecule has 2 aromatic heterocycles. The average Bonchev–Trinajstić information content (AvgIpc) is 2.97. The van der Waals surface area contributed by atoms with Crippen LogP contribution in [0.4, 0.5) is 0 Å². The van der Waals surface area contributed by atoms with Gasteiger partial charge < -0.3 is 10.1 Å². The van der Waals surface area contributed by atoms with E-state index in [1.807, 2.05) is 18.2 Å². The molecule has 0 saturated carbocycles. The molecule has 0 saturated heterocycles. The first-order valence-electron chi connectivity index (χ1n) is 8.15. The maximum Gasteiger partial charge on any atom is 0.266 e. The van der Waals surface area contributed by atoms with Gasteiger partial charge in [-0.2, -0.15) is 0 Å². The van der Waals surface area contributed by atoms with Crippen molar-refractivity contribution in [1.82, 2.24) is 4.98 Å². The van der Waals surface area contributed by atoms with Gasteiger partial charge in [0.15, 0.2) is 0 Å². The molecule has 0 unspecified atom stereocenters. The molecule has 25 heavy (non-hydrogen) atoms. The van der Waals surface area contributed by atoms with Gasteiger partial charge in [-0.1, -0.05) is 43.7 Å². The molecule has 5 heteroatoms. The maximum atomic E-state index is 12.7. The lowest BCUT2D eigenvalue weighted by Gasteiger charge is -2.08. The predicted octanol–water partition coefficient (Wildman–Crippen LogP) is 5.83. The second-order valence-electron chi connectivity index (χ2n) is 6.02. The van der Waals surface area contributed by atoms with Gasteiger partial charge in [-0.25, -0.2) is 0 Å². The van der Waals surface area contributed by atoms with Crippen molar-refractivity contribution in [3.05, 3.63) is 62.2 Å². The topological polar surface area (TPSA) is 53.1 Å². The molecular formula is C20H16BrNO2S. The lowest BCUT2D eigenvalue weighted by atomic mass is 9.98. The van der Waals surface area contributed by atoms with Crippen LogP contribution in [0.2, 0.25) is 0 Å². The van der Waals surface area contributed by atoms with E-state index in [9.17, 15) is 9.90 Å². The van der Waals surface area contributed by atoms with E-state index < -0.39 is 0 Å². The van der Waals surface area contributed by atoms with Crippen LogP contribution in [0.15, 0.2) is 51.7 Å². The second-order valence-corrected chi connectivity index (χ2v) is 7.98. The lowest BCUT2D eigenvalue weighted by Crippen LogP contribution is -2.04. The van der Waals surface area contributed by atoms with E-state index in [-0.39, 0.29) is 11.3 Å². The van der Waals surface area contributed by atoms with E-state index in [1.165, 1.54) is 4.88 Å². The summed E-state index contributed by atoms with van der Waals surface area (Å²) in [6, 6.07) is 13.5. The van der Waals surface area contributed by atoms with Crippen molar-refractivity contribution in [2.45, 2.75) is 19.8 Å². The van der Waals surface area contributed by atoms with Crippen molar-refractivity contribution >= 4 is 48.3 Å². The maximum absolute atomic E-state index is 12.7. The van der Waals surface area contributed by atoms with Crippen LogP contribution < -0.4 is 5.56 Å². The molecule has 2 N–H and O–H groups in total. The van der Waals surface area contributed by atoms with E-state index in [4.69, 9.17) is 0 Å². The van der Waals surface area contributed by atoms with Crippen molar-refractivity contribution in [3.63, 3.8) is 0 Å². The quantitative estimate of drug-likeness (QED) is 0.443. The van der Waals surface area contributed by atoms with Crippen molar-refractivity contribution in [1.29, 1.82) is 0 Å². The number of nitrogens with one attached hydrogen (secondary N) is 1. The average molecular weight is 414 g/mol. The summed E-state index contributed by atoms with van der Waals surface area (Å²) in [4.78, 5) is 16.9. The van der Waals surface area contributed by atoms with Crippen LogP contribution in [0, 0.1) is 0 Å². The van der Waals surface area contributed by atoms with Crippen molar-refractivity contribution in [2.24, 2.45) is 0 Å². The van der Waals surface area contributed by atoms with Gasteiger partial charge in [0.05, 0.1) is 5.52 Å². The van der Waals surface area contributed by atoms with Gasteiger partial charge in [-0.3, -0.25) is 4.79 Å². The summed E-state index contributed by atoms with van der Waals surface area (Å²) in [6.07, 6.45) is 1.93. The highest BCUT2D eigenvalue weighted by atomic mass is 79.9. The first-order chi connectivity index (χ1) is 12.1. The normalized spacial score (nSPS) is 11.4. The SMILES string of the molecule is CCCc1sc2c(=O)[nH]c3c(Br)cc(O)cc3c2c1-c1ccccc1. The Morgan fingerprint density at radius 1 is 1.20 bits per heavy atom. The van der Waals surface area contributed by atoms with Gasteiger partial charge >= 0.3 is 0 Å². The highest BCUT2D eigenvalue weighted by molar-refractivity contribution is 9.10. The van der Waals surface area contributed by atoms with E-state index >= 15 is 0 Å². The number of hydrogen-bond donors (Lipinski definition) is 2. The Labute approximate surface area is 157 Å². The van der Waals surface area contributed by atoms with Crippen LogP contribution in [0.3, 0.4) is 0 Å². The summed E-state index contributed by atoms with van der Waals surface area (Å²) in [6.45, 7) is 2.14. The van der Waals surface area contributed by atoms with E-state index in [1.54, 1.807) is 23.5 Å². The Kier molecular flexibility index (Phi) is 4.13. The van der Waals surface area contributed by atoms with Crippen LogP contribution in [0.25, 0.3) is 32.1 Å². The summed E-state index contributed by atoms with van der Waals surface area (Å²) in [7, 11) is 0. The number of fused-ring (bicyclic) bond motifs is 3. The van der Waals surface area contributed by atoms with Crippen LogP contribution in [-0.2, 0) is 6.42 Å². The molecule has 0 radical (unpaired) electrons. The van der Waals surface area contributed by atoms with E-state index in [0.29, 0.717) is 14.7 Å². The molecule has 0 spiro atoms. The number of H-pyrrole nitrogens is 1. The number of phenolic OH excluding ortho intramolecular Hbond substituents is 1. The minimum absolute atomic E-state index is 0.0848. The number of rotatable bonds is 3. The standard InChI is InChI=1S/C20H16BrNO2S/c1-2-6-15-16(11-7-4-3-5-8-11)17-13-9-12(23)10-14(21)18(13)22-20(24)19(17)25-15/h3-5,7-10,23H,2,6H2,1H3,(H,22,24). The second kappa shape index (κ2) is 6.32. The van der Waals surface area contributed by atoms with Gasteiger partial charge in [0.25, 0.3) is 5.56 Å². The molecule has 2 aromatic carbocycles. The third kappa shape index (κ3) is 2.68. The number of aryl methyl sites for hydroxylation is 1.